The maximum Gasteiger partial charge on any atom is 0.264 e. The van der Waals surface area contributed by atoms with Crippen LogP contribution in [-0.4, -0.2) is 9.97 Å². The lowest BCUT2D eigenvalue weighted by Crippen LogP contribution is -2.18. The fraction of sp³-hybridized carbons (Fsp3) is 0.231. The Bertz CT molecular complexity index is 670. The summed E-state index contributed by atoms with van der Waals surface area (Å²) in [5, 5.41) is 0. The van der Waals surface area contributed by atoms with Gasteiger partial charge < -0.3 is 4.98 Å². The molecule has 1 N–H and O–H groups in total. The van der Waals surface area contributed by atoms with E-state index in [1.807, 2.05) is 29.5 Å². The summed E-state index contributed by atoms with van der Waals surface area (Å²) in [7, 11) is 0. The van der Waals surface area contributed by atoms with Crippen molar-refractivity contribution < 1.29 is 8.78 Å². The summed E-state index contributed by atoms with van der Waals surface area (Å²) >= 11 is 1.93. The molecule has 0 bridgehead atoms. The molecule has 3 nitrogen and oxygen atoms in total. The minimum Gasteiger partial charge on any atom is -0.309 e. The molecule has 0 atom stereocenters. The molecular formula is C13H11F2IN2O. The Hall–Kier alpha value is -1.31. The van der Waals surface area contributed by atoms with E-state index in [4.69, 9.17) is 0 Å². The number of hydrogen-bond donors (Lipinski definition) is 1. The molecule has 0 saturated heterocycles. The van der Waals surface area contributed by atoms with Crippen LogP contribution in [0.25, 0.3) is 0 Å². The Labute approximate surface area is 122 Å². The zero-order valence-electron chi connectivity index (χ0n) is 10.1. The van der Waals surface area contributed by atoms with E-state index in [1.165, 1.54) is 12.1 Å². The van der Waals surface area contributed by atoms with E-state index < -0.39 is 11.6 Å². The highest BCUT2D eigenvalue weighted by atomic mass is 127. The lowest BCUT2D eigenvalue weighted by Gasteiger charge is -2.06. The van der Waals surface area contributed by atoms with Crippen LogP contribution >= 0.6 is 22.6 Å². The van der Waals surface area contributed by atoms with E-state index in [0.29, 0.717) is 27.1 Å². The zero-order chi connectivity index (χ0) is 14.0. The second kappa shape index (κ2) is 5.77. The maximum absolute atomic E-state index is 13.5. The summed E-state index contributed by atoms with van der Waals surface area (Å²) in [5.74, 6) is -0.883. The number of aromatic amines is 1. The third kappa shape index (κ3) is 3.17. The molecule has 2 rings (SSSR count). The molecule has 0 radical (unpaired) electrons. The molecule has 0 saturated carbocycles. The van der Waals surface area contributed by atoms with Crippen molar-refractivity contribution in [2.45, 2.75) is 19.8 Å². The first-order valence-corrected chi connectivity index (χ1v) is 6.80. The molecular weight excluding hydrogens is 365 g/mol. The normalized spacial score (nSPS) is 10.7. The van der Waals surface area contributed by atoms with Gasteiger partial charge >= 0.3 is 0 Å². The van der Waals surface area contributed by atoms with E-state index in [2.05, 4.69) is 9.97 Å². The first kappa shape index (κ1) is 14.1. The van der Waals surface area contributed by atoms with Crippen LogP contribution in [0.15, 0.2) is 23.0 Å². The number of hydrogen-bond acceptors (Lipinski definition) is 2. The summed E-state index contributed by atoms with van der Waals surface area (Å²) in [4.78, 5) is 18.6. The van der Waals surface area contributed by atoms with Gasteiger partial charge in [0, 0.05) is 12.5 Å². The fourth-order valence-corrected chi connectivity index (χ4v) is 2.36. The van der Waals surface area contributed by atoms with Gasteiger partial charge in [-0.3, -0.25) is 4.79 Å². The van der Waals surface area contributed by atoms with Crippen molar-refractivity contribution in [1.29, 1.82) is 0 Å². The Morgan fingerprint density at radius 1 is 1.37 bits per heavy atom. The topological polar surface area (TPSA) is 45.8 Å². The van der Waals surface area contributed by atoms with Crippen LogP contribution in [-0.2, 0) is 12.8 Å². The highest BCUT2D eigenvalue weighted by Crippen LogP contribution is 2.13. The lowest BCUT2D eigenvalue weighted by molar-refractivity contribution is 0.573. The monoisotopic (exact) mass is 376 g/mol. The molecule has 0 aliphatic carbocycles. The van der Waals surface area contributed by atoms with E-state index in [-0.39, 0.29) is 12.0 Å². The predicted octanol–water partition coefficient (Wildman–Crippen LogP) is 2.81. The number of halogens is 3. The molecule has 1 aromatic heterocycles. The van der Waals surface area contributed by atoms with Crippen LogP contribution < -0.4 is 5.56 Å². The summed E-state index contributed by atoms with van der Waals surface area (Å²) in [5.41, 5.74) is 0.750. The van der Waals surface area contributed by atoms with Gasteiger partial charge in [0.25, 0.3) is 5.56 Å². The van der Waals surface area contributed by atoms with Crippen LogP contribution in [0.4, 0.5) is 8.78 Å². The van der Waals surface area contributed by atoms with Crippen LogP contribution in [0, 0.1) is 15.2 Å². The van der Waals surface area contributed by atoms with Crippen molar-refractivity contribution in [3.63, 3.8) is 0 Å². The number of H-pyrrole nitrogens is 1. The zero-order valence-corrected chi connectivity index (χ0v) is 12.3. The third-order valence-corrected chi connectivity index (χ3v) is 3.80. The first-order valence-electron chi connectivity index (χ1n) is 5.72. The number of nitrogens with zero attached hydrogens (tertiary/aromatic N) is 1. The second-order valence-electron chi connectivity index (χ2n) is 4.04. The van der Waals surface area contributed by atoms with Gasteiger partial charge in [0.05, 0.1) is 9.26 Å². The Morgan fingerprint density at radius 3 is 2.74 bits per heavy atom. The average Bonchev–Trinajstić information content (AvgIpc) is 2.37. The van der Waals surface area contributed by atoms with E-state index in [1.54, 1.807) is 0 Å². The summed E-state index contributed by atoms with van der Waals surface area (Å²) in [6.07, 6.45) is 0.756. The fourth-order valence-electron chi connectivity index (χ4n) is 1.72. The summed E-state index contributed by atoms with van der Waals surface area (Å²) in [6.45, 7) is 1.90. The van der Waals surface area contributed by atoms with Gasteiger partial charge in [0.1, 0.15) is 17.5 Å². The average molecular weight is 376 g/mol. The number of benzene rings is 1. The number of aromatic nitrogens is 2. The molecule has 1 aromatic carbocycles. The van der Waals surface area contributed by atoms with Crippen molar-refractivity contribution in [2.75, 3.05) is 0 Å². The SMILES string of the molecule is CCc1nc(Cc2ccc(F)cc2F)[nH]c(=O)c1I. The highest BCUT2D eigenvalue weighted by Gasteiger charge is 2.10. The number of aryl methyl sites for hydroxylation is 1. The Kier molecular flexibility index (Phi) is 4.28. The number of rotatable bonds is 3. The predicted molar refractivity (Wildman–Crippen MR) is 76.1 cm³/mol. The van der Waals surface area contributed by atoms with Gasteiger partial charge in [0.2, 0.25) is 0 Å². The van der Waals surface area contributed by atoms with Crippen molar-refractivity contribution in [3.8, 4) is 0 Å². The molecule has 0 unspecified atom stereocenters. The van der Waals surface area contributed by atoms with Crippen LogP contribution in [0.2, 0.25) is 0 Å². The van der Waals surface area contributed by atoms with Gasteiger partial charge in [-0.05, 0) is 40.6 Å². The summed E-state index contributed by atoms with van der Waals surface area (Å²) in [6, 6.07) is 3.36. The number of nitrogens with one attached hydrogen (secondary N) is 1. The van der Waals surface area contributed by atoms with Gasteiger partial charge in [-0.15, -0.1) is 0 Å². The van der Waals surface area contributed by atoms with E-state index in [0.717, 1.165) is 6.07 Å². The lowest BCUT2D eigenvalue weighted by atomic mass is 10.1. The van der Waals surface area contributed by atoms with Gasteiger partial charge in [-0.1, -0.05) is 13.0 Å². The Balaban J connectivity index is 2.38. The first-order chi connectivity index (χ1) is 9.01. The summed E-state index contributed by atoms with van der Waals surface area (Å²) < 4.78 is 26.9. The van der Waals surface area contributed by atoms with Crippen LogP contribution in [0.1, 0.15) is 24.0 Å². The largest absolute Gasteiger partial charge is 0.309 e. The molecule has 0 aliphatic rings. The molecule has 0 spiro atoms. The quantitative estimate of drug-likeness (QED) is 0.838. The smallest absolute Gasteiger partial charge is 0.264 e. The van der Waals surface area contributed by atoms with E-state index >= 15 is 0 Å². The second-order valence-corrected chi connectivity index (χ2v) is 5.12. The van der Waals surface area contributed by atoms with Gasteiger partial charge in [-0.2, -0.15) is 0 Å². The molecule has 0 fully saturated rings. The molecule has 100 valence electrons. The molecule has 19 heavy (non-hydrogen) atoms. The van der Waals surface area contributed by atoms with Crippen LogP contribution in [0.3, 0.4) is 0 Å². The van der Waals surface area contributed by atoms with Crippen molar-refractivity contribution in [2.24, 2.45) is 0 Å². The standard InChI is InChI=1S/C13H11F2IN2O/c1-2-10-12(16)13(19)18-11(17-10)5-7-3-4-8(14)6-9(7)15/h3-4,6H,2,5H2,1H3,(H,17,18,19). The van der Waals surface area contributed by atoms with E-state index in [9.17, 15) is 13.6 Å². The minimum atomic E-state index is -0.640. The molecule has 1 heterocycles. The van der Waals surface area contributed by atoms with Crippen molar-refractivity contribution in [3.05, 3.63) is 60.8 Å². The molecule has 2 aromatic rings. The maximum atomic E-state index is 13.5. The van der Waals surface area contributed by atoms with Crippen LogP contribution in [0.5, 0.6) is 0 Å². The Morgan fingerprint density at radius 2 is 2.11 bits per heavy atom. The van der Waals surface area contributed by atoms with Crippen molar-refractivity contribution >= 4 is 22.6 Å². The highest BCUT2D eigenvalue weighted by molar-refractivity contribution is 14.1. The molecule has 6 heteroatoms. The third-order valence-electron chi connectivity index (χ3n) is 2.69. The van der Waals surface area contributed by atoms with Gasteiger partial charge in [-0.25, -0.2) is 13.8 Å². The van der Waals surface area contributed by atoms with Gasteiger partial charge in [0.15, 0.2) is 0 Å². The minimum absolute atomic E-state index is 0.130. The van der Waals surface area contributed by atoms with Crippen molar-refractivity contribution in [1.82, 2.24) is 9.97 Å². The molecule has 0 amide bonds. The molecule has 0 aliphatic heterocycles.